The number of hydrogen-bond donors (Lipinski definition) is 1. The number of hydrogen-bond acceptors (Lipinski definition) is 4. The van der Waals surface area contributed by atoms with Crippen LogP contribution in [0.1, 0.15) is 143 Å². The first kappa shape index (κ1) is 31.1. The van der Waals surface area contributed by atoms with E-state index in [4.69, 9.17) is 9.99 Å². The third-order valence-electron chi connectivity index (χ3n) is 6.15. The minimum atomic E-state index is -0.653. The highest BCUT2D eigenvalue weighted by Crippen LogP contribution is 2.15. The van der Waals surface area contributed by atoms with Crippen LogP contribution >= 0.6 is 0 Å². The van der Waals surface area contributed by atoms with Crippen LogP contribution in [0.3, 0.4) is 0 Å². The normalized spacial score (nSPS) is 13.0. The van der Waals surface area contributed by atoms with E-state index in [1.165, 1.54) is 83.5 Å². The molecule has 0 aromatic carbocycles. The van der Waals surface area contributed by atoms with Gasteiger partial charge in [-0.3, -0.25) is 10.1 Å². The molecule has 190 valence electrons. The van der Waals surface area contributed by atoms with Gasteiger partial charge < -0.3 is 4.74 Å². The van der Waals surface area contributed by atoms with E-state index in [0.717, 1.165) is 25.7 Å². The van der Waals surface area contributed by atoms with E-state index in [2.05, 4.69) is 18.7 Å². The first-order valence-electron chi connectivity index (χ1n) is 13.6. The molecule has 0 aromatic heterocycles. The van der Waals surface area contributed by atoms with Crippen molar-refractivity contribution >= 4 is 5.97 Å². The summed E-state index contributed by atoms with van der Waals surface area (Å²) in [5.74, 6) is 0.372. The quantitative estimate of drug-likeness (QED) is 0.0550. The van der Waals surface area contributed by atoms with Gasteiger partial charge in [0.05, 0.1) is 6.61 Å². The van der Waals surface area contributed by atoms with E-state index in [9.17, 15) is 4.79 Å². The van der Waals surface area contributed by atoms with Crippen LogP contribution in [-0.2, 0) is 14.4 Å². The molecule has 0 heterocycles. The maximum absolute atomic E-state index is 11.9. The van der Waals surface area contributed by atoms with Crippen LogP contribution in [0.5, 0.6) is 0 Å². The highest BCUT2D eigenvalue weighted by atomic mass is 17.1. The van der Waals surface area contributed by atoms with Gasteiger partial charge in [-0.2, -0.15) is 0 Å². The van der Waals surface area contributed by atoms with Crippen molar-refractivity contribution in [2.45, 2.75) is 149 Å². The predicted molar refractivity (Wildman–Crippen MR) is 136 cm³/mol. The Balaban J connectivity index is 3.38. The molecule has 0 aliphatic carbocycles. The van der Waals surface area contributed by atoms with Gasteiger partial charge in [0.15, 0.2) is 0 Å². The molecule has 0 saturated carbocycles. The van der Waals surface area contributed by atoms with Crippen LogP contribution in [0.15, 0.2) is 12.2 Å². The standard InChI is InChI=1S/C28H54O4/c1-5-6-7-8-9-10-11-12-13-14-15-16-17-18-19-22-27(29)31-25-23-26(2)21-20-24-28(3,4)32-30/h20,24,26,30H,5-19,21-23,25H2,1-4H3/b24-20+. The minimum absolute atomic E-state index is 0.0581. The van der Waals surface area contributed by atoms with Crippen molar-refractivity contribution in [1.82, 2.24) is 0 Å². The van der Waals surface area contributed by atoms with Gasteiger partial charge in [-0.05, 0) is 39.0 Å². The molecule has 4 nitrogen and oxygen atoms in total. The summed E-state index contributed by atoms with van der Waals surface area (Å²) in [6.45, 7) is 8.51. The van der Waals surface area contributed by atoms with Gasteiger partial charge in [-0.1, -0.05) is 116 Å². The molecular formula is C28H54O4. The average Bonchev–Trinajstić information content (AvgIpc) is 2.76. The number of carbonyl (C=O) groups is 1. The lowest BCUT2D eigenvalue weighted by atomic mass is 10.0. The number of esters is 1. The summed E-state index contributed by atoms with van der Waals surface area (Å²) in [6, 6.07) is 0. The summed E-state index contributed by atoms with van der Waals surface area (Å²) in [4.78, 5) is 16.2. The number of allylic oxidation sites excluding steroid dienone is 1. The smallest absolute Gasteiger partial charge is 0.305 e. The SMILES string of the molecule is CCCCCCCCCCCCCCCCCC(=O)OCCC(C)C/C=C/C(C)(C)OO. The van der Waals surface area contributed by atoms with Gasteiger partial charge in [-0.15, -0.1) is 0 Å². The Morgan fingerprint density at radius 2 is 1.31 bits per heavy atom. The Morgan fingerprint density at radius 1 is 0.844 bits per heavy atom. The van der Waals surface area contributed by atoms with E-state index >= 15 is 0 Å². The molecule has 0 bridgehead atoms. The van der Waals surface area contributed by atoms with Crippen LogP contribution in [0.25, 0.3) is 0 Å². The average molecular weight is 455 g/mol. The second kappa shape index (κ2) is 21.9. The Hall–Kier alpha value is -0.870. The summed E-state index contributed by atoms with van der Waals surface area (Å²) < 4.78 is 5.37. The van der Waals surface area contributed by atoms with Crippen molar-refractivity contribution in [3.05, 3.63) is 12.2 Å². The molecule has 32 heavy (non-hydrogen) atoms. The van der Waals surface area contributed by atoms with E-state index < -0.39 is 5.60 Å². The summed E-state index contributed by atoms with van der Waals surface area (Å²) >= 11 is 0. The van der Waals surface area contributed by atoms with Crippen LogP contribution < -0.4 is 0 Å². The lowest BCUT2D eigenvalue weighted by molar-refractivity contribution is -0.297. The maximum Gasteiger partial charge on any atom is 0.305 e. The summed E-state index contributed by atoms with van der Waals surface area (Å²) in [7, 11) is 0. The fourth-order valence-electron chi connectivity index (χ4n) is 3.82. The highest BCUT2D eigenvalue weighted by molar-refractivity contribution is 5.69. The topological polar surface area (TPSA) is 55.8 Å². The molecule has 1 unspecified atom stereocenters. The molecule has 0 aromatic rings. The molecule has 0 amide bonds. The van der Waals surface area contributed by atoms with E-state index in [-0.39, 0.29) is 5.97 Å². The lowest BCUT2D eigenvalue weighted by Gasteiger charge is -2.15. The Bertz CT molecular complexity index is 445. The van der Waals surface area contributed by atoms with Gasteiger partial charge in [0.2, 0.25) is 0 Å². The fraction of sp³-hybridized carbons (Fsp3) is 0.893. The summed E-state index contributed by atoms with van der Waals surface area (Å²) in [5.41, 5.74) is -0.653. The maximum atomic E-state index is 11.9. The lowest BCUT2D eigenvalue weighted by Crippen LogP contribution is -2.18. The molecular weight excluding hydrogens is 400 g/mol. The first-order valence-corrected chi connectivity index (χ1v) is 13.6. The van der Waals surface area contributed by atoms with E-state index in [0.29, 0.717) is 18.9 Å². The van der Waals surface area contributed by atoms with Crippen LogP contribution in [0, 0.1) is 5.92 Å². The van der Waals surface area contributed by atoms with Crippen molar-refractivity contribution in [2.24, 2.45) is 5.92 Å². The molecule has 1 atom stereocenters. The molecule has 0 aliphatic rings. The third kappa shape index (κ3) is 22.3. The van der Waals surface area contributed by atoms with E-state index in [1.54, 1.807) is 13.8 Å². The molecule has 0 saturated heterocycles. The number of unbranched alkanes of at least 4 members (excludes halogenated alkanes) is 14. The second-order valence-corrected chi connectivity index (χ2v) is 10.1. The molecule has 0 fully saturated rings. The molecule has 1 N–H and O–H groups in total. The highest BCUT2D eigenvalue weighted by Gasteiger charge is 2.13. The van der Waals surface area contributed by atoms with Crippen molar-refractivity contribution < 1.29 is 19.7 Å². The molecule has 0 rings (SSSR count). The van der Waals surface area contributed by atoms with Gasteiger partial charge in [0, 0.05) is 6.42 Å². The predicted octanol–water partition coefficient (Wildman–Crippen LogP) is 9.03. The van der Waals surface area contributed by atoms with E-state index in [1.807, 2.05) is 12.2 Å². The van der Waals surface area contributed by atoms with Gasteiger partial charge in [0.25, 0.3) is 0 Å². The van der Waals surface area contributed by atoms with Crippen molar-refractivity contribution in [2.75, 3.05) is 6.61 Å². The zero-order valence-electron chi connectivity index (χ0n) is 21.8. The minimum Gasteiger partial charge on any atom is -0.466 e. The number of carbonyl (C=O) groups excluding carboxylic acids is 1. The molecule has 0 aliphatic heterocycles. The number of ether oxygens (including phenoxy) is 1. The van der Waals surface area contributed by atoms with Crippen LogP contribution in [0.4, 0.5) is 0 Å². The Labute approximate surface area is 199 Å². The Kier molecular flexibility index (Phi) is 21.4. The van der Waals surface area contributed by atoms with Crippen molar-refractivity contribution in [3.63, 3.8) is 0 Å². The molecule has 0 spiro atoms. The Morgan fingerprint density at radius 3 is 1.78 bits per heavy atom. The zero-order chi connectivity index (χ0) is 23.9. The van der Waals surface area contributed by atoms with Crippen molar-refractivity contribution in [3.8, 4) is 0 Å². The second-order valence-electron chi connectivity index (χ2n) is 10.1. The third-order valence-corrected chi connectivity index (χ3v) is 6.15. The van der Waals surface area contributed by atoms with Crippen LogP contribution in [-0.4, -0.2) is 23.4 Å². The van der Waals surface area contributed by atoms with Gasteiger partial charge in [-0.25, -0.2) is 4.89 Å². The summed E-state index contributed by atoms with van der Waals surface area (Å²) in [6.07, 6.45) is 26.2. The van der Waals surface area contributed by atoms with Gasteiger partial charge in [0.1, 0.15) is 5.60 Å². The zero-order valence-corrected chi connectivity index (χ0v) is 21.8. The van der Waals surface area contributed by atoms with Crippen molar-refractivity contribution in [1.29, 1.82) is 0 Å². The largest absolute Gasteiger partial charge is 0.466 e. The monoisotopic (exact) mass is 454 g/mol. The molecule has 0 radical (unpaired) electrons. The number of rotatable bonds is 23. The van der Waals surface area contributed by atoms with Crippen LogP contribution in [0.2, 0.25) is 0 Å². The summed E-state index contributed by atoms with van der Waals surface area (Å²) in [5, 5.41) is 8.76. The first-order chi connectivity index (χ1) is 15.4. The van der Waals surface area contributed by atoms with Gasteiger partial charge >= 0.3 is 5.97 Å². The molecule has 4 heteroatoms. The fourth-order valence-corrected chi connectivity index (χ4v) is 3.82.